The molecule has 0 bridgehead atoms. The number of esters is 1. The third-order valence-corrected chi connectivity index (χ3v) is 3.62. The number of fused-ring (bicyclic) bond motifs is 2. The summed E-state index contributed by atoms with van der Waals surface area (Å²) >= 11 is 0. The van der Waals surface area contributed by atoms with Gasteiger partial charge in [0, 0.05) is 6.08 Å². The van der Waals surface area contributed by atoms with E-state index in [2.05, 4.69) is 35.1 Å². The molecule has 2 heteroatoms. The van der Waals surface area contributed by atoms with E-state index in [9.17, 15) is 4.79 Å². The van der Waals surface area contributed by atoms with Gasteiger partial charge >= 0.3 is 5.97 Å². The molecule has 0 aliphatic heterocycles. The van der Waals surface area contributed by atoms with Crippen LogP contribution in [0.25, 0.3) is 27.6 Å². The van der Waals surface area contributed by atoms with E-state index in [-0.39, 0.29) is 5.97 Å². The highest BCUT2D eigenvalue weighted by molar-refractivity contribution is 6.06. The number of hydrogen-bond acceptors (Lipinski definition) is 2. The Bertz CT molecular complexity index is 834. The van der Waals surface area contributed by atoms with Crippen molar-refractivity contribution in [1.29, 1.82) is 0 Å². The Hall–Kier alpha value is -2.87. The van der Waals surface area contributed by atoms with E-state index < -0.39 is 0 Å². The van der Waals surface area contributed by atoms with Crippen LogP contribution in [0.4, 0.5) is 0 Å². The molecule has 0 atom stereocenters. The van der Waals surface area contributed by atoms with E-state index in [0.29, 0.717) is 0 Å². The van der Waals surface area contributed by atoms with Crippen LogP contribution in [-0.2, 0) is 9.53 Å². The van der Waals surface area contributed by atoms with E-state index in [1.807, 2.05) is 36.4 Å². The van der Waals surface area contributed by atoms with Crippen LogP contribution < -0.4 is 0 Å². The van der Waals surface area contributed by atoms with Crippen molar-refractivity contribution in [2.24, 2.45) is 0 Å². The minimum absolute atomic E-state index is 0.354. The van der Waals surface area contributed by atoms with Crippen molar-refractivity contribution in [3.05, 3.63) is 78.4 Å². The molecule has 0 amide bonds. The second kappa shape index (κ2) is 6.27. The van der Waals surface area contributed by atoms with E-state index in [4.69, 9.17) is 0 Å². The van der Waals surface area contributed by atoms with Crippen molar-refractivity contribution in [2.45, 2.75) is 0 Å². The zero-order valence-corrected chi connectivity index (χ0v) is 12.3. The number of rotatable bonds is 3. The first-order valence-electron chi connectivity index (χ1n) is 7.13. The highest BCUT2D eigenvalue weighted by Crippen LogP contribution is 2.29. The quantitative estimate of drug-likeness (QED) is 0.301. The van der Waals surface area contributed by atoms with Gasteiger partial charge in [-0.1, -0.05) is 66.8 Å². The Morgan fingerprint density at radius 3 is 2.09 bits per heavy atom. The van der Waals surface area contributed by atoms with Gasteiger partial charge in [-0.2, -0.15) is 0 Å². The zero-order valence-electron chi connectivity index (χ0n) is 12.3. The summed E-state index contributed by atoms with van der Waals surface area (Å²) in [6, 6.07) is 18.8. The molecule has 0 radical (unpaired) electrons. The number of allylic oxidation sites excluding steroid dienone is 2. The number of hydrogen-bond donors (Lipinski definition) is 0. The molecule has 0 heterocycles. The molecule has 108 valence electrons. The molecule has 3 aromatic rings. The van der Waals surface area contributed by atoms with Crippen LogP contribution in [-0.4, -0.2) is 13.1 Å². The van der Waals surface area contributed by atoms with E-state index in [0.717, 1.165) is 5.56 Å². The first-order chi connectivity index (χ1) is 10.8. The summed E-state index contributed by atoms with van der Waals surface area (Å²) in [6.07, 6.45) is 7.00. The SMILES string of the molecule is COC(=O)/C=C\C=C/c1c2ccccc2cc2ccccc12. The van der Waals surface area contributed by atoms with Crippen LogP contribution in [0.5, 0.6) is 0 Å². The minimum Gasteiger partial charge on any atom is -0.466 e. The van der Waals surface area contributed by atoms with Crippen LogP contribution in [0.2, 0.25) is 0 Å². The molecule has 0 aromatic heterocycles. The topological polar surface area (TPSA) is 26.3 Å². The van der Waals surface area contributed by atoms with Crippen molar-refractivity contribution in [3.8, 4) is 0 Å². The van der Waals surface area contributed by atoms with E-state index >= 15 is 0 Å². The molecule has 0 N–H and O–H groups in total. The lowest BCUT2D eigenvalue weighted by Crippen LogP contribution is -1.92. The summed E-state index contributed by atoms with van der Waals surface area (Å²) in [5.41, 5.74) is 1.16. The fraction of sp³-hybridized carbons (Fsp3) is 0.0500. The minimum atomic E-state index is -0.354. The van der Waals surface area contributed by atoms with Gasteiger partial charge < -0.3 is 4.74 Å². The Balaban J connectivity index is 2.14. The normalized spacial score (nSPS) is 11.7. The van der Waals surface area contributed by atoms with Crippen LogP contribution >= 0.6 is 0 Å². The van der Waals surface area contributed by atoms with Crippen molar-refractivity contribution in [1.82, 2.24) is 0 Å². The molecule has 3 rings (SSSR count). The maximum Gasteiger partial charge on any atom is 0.330 e. The van der Waals surface area contributed by atoms with Crippen LogP contribution in [0.15, 0.2) is 72.8 Å². The molecule has 0 fully saturated rings. The lowest BCUT2D eigenvalue weighted by Gasteiger charge is -2.08. The summed E-state index contributed by atoms with van der Waals surface area (Å²) in [5, 5.41) is 4.81. The number of carbonyl (C=O) groups excluding carboxylic acids is 1. The maximum atomic E-state index is 11.1. The predicted octanol–water partition coefficient (Wildman–Crippen LogP) is 4.74. The van der Waals surface area contributed by atoms with Crippen LogP contribution in [0.1, 0.15) is 5.56 Å². The van der Waals surface area contributed by atoms with E-state index in [1.54, 1.807) is 6.08 Å². The summed E-state index contributed by atoms with van der Waals surface area (Å²) in [7, 11) is 1.37. The van der Waals surface area contributed by atoms with Gasteiger partial charge in [0.1, 0.15) is 0 Å². The number of carbonyl (C=O) groups is 1. The molecular formula is C20H16O2. The van der Waals surface area contributed by atoms with Crippen molar-refractivity contribution >= 4 is 33.6 Å². The molecule has 0 aliphatic rings. The van der Waals surface area contributed by atoms with Gasteiger partial charge in [-0.15, -0.1) is 0 Å². The maximum absolute atomic E-state index is 11.1. The first kappa shape index (κ1) is 14.1. The third-order valence-electron chi connectivity index (χ3n) is 3.62. The molecule has 0 aliphatic carbocycles. The van der Waals surface area contributed by atoms with E-state index in [1.165, 1.54) is 34.7 Å². The van der Waals surface area contributed by atoms with Gasteiger partial charge in [0.25, 0.3) is 0 Å². The van der Waals surface area contributed by atoms with Gasteiger partial charge in [-0.25, -0.2) is 4.79 Å². The molecule has 0 saturated carbocycles. The second-order valence-corrected chi connectivity index (χ2v) is 4.97. The average Bonchev–Trinajstić information content (AvgIpc) is 2.57. The molecule has 0 saturated heterocycles. The summed E-state index contributed by atoms with van der Waals surface area (Å²) < 4.78 is 4.58. The van der Waals surface area contributed by atoms with Crippen LogP contribution in [0.3, 0.4) is 0 Å². The van der Waals surface area contributed by atoms with Gasteiger partial charge in [0.05, 0.1) is 7.11 Å². The Morgan fingerprint density at radius 2 is 1.50 bits per heavy atom. The first-order valence-corrected chi connectivity index (χ1v) is 7.13. The molecule has 0 unspecified atom stereocenters. The fourth-order valence-corrected chi connectivity index (χ4v) is 2.58. The standard InChI is InChI=1S/C20H16O2/c1-22-20(21)13-7-6-12-19-17-10-4-2-8-15(17)14-16-9-3-5-11-18(16)19/h2-14H,1H3/b12-6-,13-7-. The highest BCUT2D eigenvalue weighted by Gasteiger charge is 2.04. The summed E-state index contributed by atoms with van der Waals surface area (Å²) in [4.78, 5) is 11.1. The summed E-state index contributed by atoms with van der Waals surface area (Å²) in [6.45, 7) is 0. The van der Waals surface area contributed by atoms with Gasteiger partial charge in [-0.3, -0.25) is 0 Å². The van der Waals surface area contributed by atoms with Gasteiger partial charge in [-0.05, 0) is 33.2 Å². The fourth-order valence-electron chi connectivity index (χ4n) is 2.58. The predicted molar refractivity (Wildman–Crippen MR) is 91.6 cm³/mol. The summed E-state index contributed by atoms with van der Waals surface area (Å²) in [5.74, 6) is -0.354. The molecule has 2 nitrogen and oxygen atoms in total. The number of methoxy groups -OCH3 is 1. The lowest BCUT2D eigenvalue weighted by molar-refractivity contribution is -0.134. The van der Waals surface area contributed by atoms with Crippen molar-refractivity contribution in [3.63, 3.8) is 0 Å². The number of benzene rings is 3. The molecular weight excluding hydrogens is 272 g/mol. The Labute approximate surface area is 129 Å². The van der Waals surface area contributed by atoms with Crippen molar-refractivity contribution in [2.75, 3.05) is 7.11 Å². The average molecular weight is 288 g/mol. The highest BCUT2D eigenvalue weighted by atomic mass is 16.5. The molecule has 3 aromatic carbocycles. The zero-order chi connectivity index (χ0) is 15.4. The van der Waals surface area contributed by atoms with Crippen LogP contribution in [0, 0.1) is 0 Å². The van der Waals surface area contributed by atoms with Crippen molar-refractivity contribution < 1.29 is 9.53 Å². The Morgan fingerprint density at radius 1 is 0.909 bits per heavy atom. The number of ether oxygens (including phenoxy) is 1. The molecule has 0 spiro atoms. The van der Waals surface area contributed by atoms with Gasteiger partial charge in [0.2, 0.25) is 0 Å². The monoisotopic (exact) mass is 288 g/mol. The third kappa shape index (κ3) is 2.77. The largest absolute Gasteiger partial charge is 0.466 e. The lowest BCUT2D eigenvalue weighted by atomic mass is 9.96. The van der Waals surface area contributed by atoms with Gasteiger partial charge in [0.15, 0.2) is 0 Å². The molecule has 22 heavy (non-hydrogen) atoms. The Kier molecular flexibility index (Phi) is 4.01. The smallest absolute Gasteiger partial charge is 0.330 e. The second-order valence-electron chi connectivity index (χ2n) is 4.97.